The number of amides is 1. The molecule has 2 N–H and O–H groups in total. The van der Waals surface area contributed by atoms with Crippen LogP contribution in [0, 0.1) is 12.8 Å². The summed E-state index contributed by atoms with van der Waals surface area (Å²) in [6.07, 6.45) is 4.55. The molecule has 2 aliphatic rings. The molecule has 1 aromatic rings. The third kappa shape index (κ3) is 5.47. The number of hydrogen-bond acceptors (Lipinski definition) is 3. The third-order valence-corrected chi connectivity index (χ3v) is 5.03. The molecule has 24 heavy (non-hydrogen) atoms. The fraction of sp³-hybridized carbons (Fsp3) is 0.632. The van der Waals surface area contributed by atoms with E-state index in [0.717, 1.165) is 39.0 Å². The van der Waals surface area contributed by atoms with E-state index in [0.29, 0.717) is 5.92 Å². The van der Waals surface area contributed by atoms with Gasteiger partial charge in [-0.3, -0.25) is 9.69 Å². The third-order valence-electron chi connectivity index (χ3n) is 5.03. The van der Waals surface area contributed by atoms with E-state index in [2.05, 4.69) is 46.7 Å². The van der Waals surface area contributed by atoms with Crippen LogP contribution in [-0.4, -0.2) is 43.0 Å². The van der Waals surface area contributed by atoms with Crippen molar-refractivity contribution in [2.75, 3.05) is 26.2 Å². The van der Waals surface area contributed by atoms with Crippen LogP contribution in [0.2, 0.25) is 0 Å². The fourth-order valence-corrected chi connectivity index (χ4v) is 3.81. The Hall–Kier alpha value is -1.10. The number of aryl methyl sites for hydroxylation is 1. The molecule has 5 heteroatoms. The van der Waals surface area contributed by atoms with Crippen molar-refractivity contribution in [3.63, 3.8) is 0 Å². The lowest BCUT2D eigenvalue weighted by molar-refractivity contribution is -0.123. The maximum Gasteiger partial charge on any atom is 0.237 e. The van der Waals surface area contributed by atoms with Crippen molar-refractivity contribution in [2.24, 2.45) is 5.92 Å². The molecule has 2 heterocycles. The maximum absolute atomic E-state index is 12.1. The minimum Gasteiger partial charge on any atom is -0.354 e. The normalized spacial score (nSPS) is 24.4. The molecule has 2 fully saturated rings. The first kappa shape index (κ1) is 19.2. The van der Waals surface area contributed by atoms with Gasteiger partial charge >= 0.3 is 0 Å². The monoisotopic (exact) mass is 351 g/mol. The molecule has 0 aliphatic carbocycles. The Kier molecular flexibility index (Phi) is 7.53. The Labute approximate surface area is 151 Å². The lowest BCUT2D eigenvalue weighted by Crippen LogP contribution is -2.45. The van der Waals surface area contributed by atoms with E-state index in [1.165, 1.54) is 30.5 Å². The topological polar surface area (TPSA) is 44.4 Å². The summed E-state index contributed by atoms with van der Waals surface area (Å²) in [7, 11) is 0. The molecule has 2 atom stereocenters. The van der Waals surface area contributed by atoms with Crippen molar-refractivity contribution in [2.45, 2.75) is 45.2 Å². The molecule has 0 aromatic heterocycles. The van der Waals surface area contributed by atoms with Gasteiger partial charge in [0, 0.05) is 19.6 Å². The van der Waals surface area contributed by atoms with Crippen molar-refractivity contribution >= 4 is 18.3 Å². The number of carbonyl (C=O) groups is 1. The number of halogens is 1. The van der Waals surface area contributed by atoms with Crippen LogP contribution in [0.25, 0.3) is 0 Å². The van der Waals surface area contributed by atoms with E-state index in [9.17, 15) is 4.79 Å². The van der Waals surface area contributed by atoms with Gasteiger partial charge in [0.15, 0.2) is 0 Å². The smallest absolute Gasteiger partial charge is 0.237 e. The fourth-order valence-electron chi connectivity index (χ4n) is 3.81. The van der Waals surface area contributed by atoms with Gasteiger partial charge in [-0.15, -0.1) is 12.4 Å². The molecule has 1 amide bonds. The zero-order chi connectivity index (χ0) is 16.1. The second-order valence-corrected chi connectivity index (χ2v) is 7.13. The van der Waals surface area contributed by atoms with Crippen molar-refractivity contribution in [1.82, 2.24) is 15.5 Å². The van der Waals surface area contributed by atoms with Gasteiger partial charge in [0.25, 0.3) is 0 Å². The van der Waals surface area contributed by atoms with Gasteiger partial charge in [0.05, 0.1) is 6.04 Å². The molecule has 0 radical (unpaired) electrons. The Morgan fingerprint density at radius 2 is 2.21 bits per heavy atom. The predicted octanol–water partition coefficient (Wildman–Crippen LogP) is 2.50. The minimum atomic E-state index is 0. The van der Waals surface area contributed by atoms with Gasteiger partial charge in [-0.2, -0.15) is 0 Å². The van der Waals surface area contributed by atoms with Gasteiger partial charge in [0.2, 0.25) is 5.91 Å². The zero-order valence-electron chi connectivity index (χ0n) is 14.6. The molecule has 2 saturated heterocycles. The Balaban J connectivity index is 0.00000208. The Morgan fingerprint density at radius 3 is 2.96 bits per heavy atom. The summed E-state index contributed by atoms with van der Waals surface area (Å²) in [6.45, 7) is 7.23. The van der Waals surface area contributed by atoms with E-state index in [-0.39, 0.29) is 24.4 Å². The SMILES string of the molecule is Cc1cccc(CN2CCCC(CNC(=O)C3CCCN3)C2)c1.Cl. The molecule has 2 aliphatic heterocycles. The van der Waals surface area contributed by atoms with E-state index >= 15 is 0 Å². The van der Waals surface area contributed by atoms with Gasteiger partial charge in [0.1, 0.15) is 0 Å². The average molecular weight is 352 g/mol. The van der Waals surface area contributed by atoms with Gasteiger partial charge in [-0.25, -0.2) is 0 Å². The molecule has 3 rings (SSSR count). The Bertz CT molecular complexity index is 531. The number of nitrogens with one attached hydrogen (secondary N) is 2. The highest BCUT2D eigenvalue weighted by Gasteiger charge is 2.24. The quantitative estimate of drug-likeness (QED) is 0.856. The van der Waals surface area contributed by atoms with Crippen molar-refractivity contribution in [1.29, 1.82) is 0 Å². The average Bonchev–Trinajstić information content (AvgIpc) is 3.07. The van der Waals surface area contributed by atoms with Crippen LogP contribution in [0.4, 0.5) is 0 Å². The molecule has 4 nitrogen and oxygen atoms in total. The maximum atomic E-state index is 12.1. The van der Waals surface area contributed by atoms with Crippen molar-refractivity contribution in [3.8, 4) is 0 Å². The summed E-state index contributed by atoms with van der Waals surface area (Å²) in [6, 6.07) is 8.82. The summed E-state index contributed by atoms with van der Waals surface area (Å²) in [5.74, 6) is 0.775. The second-order valence-electron chi connectivity index (χ2n) is 7.13. The van der Waals surface area contributed by atoms with Crippen LogP contribution in [0.15, 0.2) is 24.3 Å². The molecular formula is C19H30ClN3O. The molecule has 1 aromatic carbocycles. The summed E-state index contributed by atoms with van der Waals surface area (Å²) in [5.41, 5.74) is 2.72. The summed E-state index contributed by atoms with van der Waals surface area (Å²) >= 11 is 0. The predicted molar refractivity (Wildman–Crippen MR) is 100 cm³/mol. The van der Waals surface area contributed by atoms with Crippen LogP contribution >= 0.6 is 12.4 Å². The van der Waals surface area contributed by atoms with Crippen molar-refractivity contribution < 1.29 is 4.79 Å². The summed E-state index contributed by atoms with van der Waals surface area (Å²) < 4.78 is 0. The van der Waals surface area contributed by atoms with E-state index in [4.69, 9.17) is 0 Å². The zero-order valence-corrected chi connectivity index (χ0v) is 15.4. The van der Waals surface area contributed by atoms with Gasteiger partial charge in [-0.1, -0.05) is 29.8 Å². The molecule has 0 spiro atoms. The highest BCUT2D eigenvalue weighted by Crippen LogP contribution is 2.18. The number of hydrogen-bond donors (Lipinski definition) is 2. The number of likely N-dealkylation sites (tertiary alicyclic amines) is 1. The first-order valence-corrected chi connectivity index (χ1v) is 9.00. The highest BCUT2D eigenvalue weighted by molar-refractivity contribution is 5.85. The lowest BCUT2D eigenvalue weighted by atomic mass is 9.97. The minimum absolute atomic E-state index is 0. The van der Waals surface area contributed by atoms with Crippen molar-refractivity contribution in [3.05, 3.63) is 35.4 Å². The number of benzene rings is 1. The van der Waals surface area contributed by atoms with Crippen LogP contribution < -0.4 is 10.6 Å². The van der Waals surface area contributed by atoms with E-state index in [1.807, 2.05) is 0 Å². The van der Waals surface area contributed by atoms with E-state index in [1.54, 1.807) is 0 Å². The van der Waals surface area contributed by atoms with Gasteiger partial charge in [-0.05, 0) is 57.2 Å². The molecule has 0 bridgehead atoms. The molecular weight excluding hydrogens is 322 g/mol. The number of nitrogens with zero attached hydrogens (tertiary/aromatic N) is 1. The van der Waals surface area contributed by atoms with Crippen LogP contribution in [0.5, 0.6) is 0 Å². The largest absolute Gasteiger partial charge is 0.354 e. The van der Waals surface area contributed by atoms with Crippen LogP contribution in [0.3, 0.4) is 0 Å². The first-order valence-electron chi connectivity index (χ1n) is 9.00. The summed E-state index contributed by atoms with van der Waals surface area (Å²) in [4.78, 5) is 14.6. The second kappa shape index (κ2) is 9.40. The van der Waals surface area contributed by atoms with Gasteiger partial charge < -0.3 is 10.6 Å². The van der Waals surface area contributed by atoms with Crippen LogP contribution in [0.1, 0.15) is 36.8 Å². The first-order chi connectivity index (χ1) is 11.2. The lowest BCUT2D eigenvalue weighted by Gasteiger charge is -2.33. The number of carbonyl (C=O) groups excluding carboxylic acids is 1. The van der Waals surface area contributed by atoms with E-state index < -0.39 is 0 Å². The molecule has 2 unspecified atom stereocenters. The number of rotatable bonds is 5. The number of piperidine rings is 1. The standard InChI is InChI=1S/C19H29N3O.ClH/c1-15-5-2-6-16(11-15)13-22-10-4-7-17(14-22)12-21-19(23)18-8-3-9-20-18;/h2,5-6,11,17-18,20H,3-4,7-10,12-14H2,1H3,(H,21,23);1H. The Morgan fingerprint density at radius 1 is 1.33 bits per heavy atom. The summed E-state index contributed by atoms with van der Waals surface area (Å²) in [5, 5.41) is 6.43. The molecule has 134 valence electrons. The highest BCUT2D eigenvalue weighted by atomic mass is 35.5. The molecule has 0 saturated carbocycles. The van der Waals surface area contributed by atoms with Crippen LogP contribution in [-0.2, 0) is 11.3 Å².